The molecule has 13 heteroatoms. The second-order valence-corrected chi connectivity index (χ2v) is 16.6. The van der Waals surface area contributed by atoms with Gasteiger partial charge in [0, 0.05) is 23.8 Å². The number of carbonyl (C=O) groups is 2. The fourth-order valence-corrected chi connectivity index (χ4v) is 11.1. The molecule has 9 atom stereocenters. The van der Waals surface area contributed by atoms with E-state index in [1.54, 1.807) is 0 Å². The Bertz CT molecular complexity index is 1780. The van der Waals surface area contributed by atoms with Gasteiger partial charge in [-0.15, -0.1) is 0 Å². The maximum atomic E-state index is 13.9. The molecule has 4 aliphatic carbocycles. The summed E-state index contributed by atoms with van der Waals surface area (Å²) in [5.41, 5.74) is -2.95. The van der Waals surface area contributed by atoms with Crippen LogP contribution in [0.15, 0.2) is 35.9 Å². The van der Waals surface area contributed by atoms with Gasteiger partial charge in [-0.3, -0.25) is 9.59 Å². The van der Waals surface area contributed by atoms with Gasteiger partial charge in [0.25, 0.3) is 0 Å². The number of esters is 1. The van der Waals surface area contributed by atoms with Gasteiger partial charge in [-0.25, -0.2) is 4.98 Å². The van der Waals surface area contributed by atoms with Crippen LogP contribution in [0.4, 0.5) is 26.3 Å². The number of para-hydroxylation sites is 1. The summed E-state index contributed by atoms with van der Waals surface area (Å²) in [6.45, 7) is 4.76. The first-order valence-electron chi connectivity index (χ1n) is 19.0. The molecule has 0 spiro atoms. The third-order valence-corrected chi connectivity index (χ3v) is 13.8. The van der Waals surface area contributed by atoms with Gasteiger partial charge in [-0.2, -0.15) is 26.3 Å². The molecule has 3 saturated carbocycles. The van der Waals surface area contributed by atoms with Gasteiger partial charge in [0.2, 0.25) is 5.91 Å². The zero-order valence-electron chi connectivity index (χ0n) is 30.1. The van der Waals surface area contributed by atoms with Crippen LogP contribution >= 0.6 is 0 Å². The van der Waals surface area contributed by atoms with Crippen LogP contribution in [0, 0.1) is 28.6 Å². The van der Waals surface area contributed by atoms with Gasteiger partial charge in [0.1, 0.15) is 17.9 Å². The van der Waals surface area contributed by atoms with Gasteiger partial charge in [-0.05, 0) is 111 Å². The molecule has 7 nitrogen and oxygen atoms in total. The Balaban J connectivity index is 1.03. The monoisotopic (exact) mass is 750 g/mol. The van der Waals surface area contributed by atoms with Gasteiger partial charge in [0.15, 0.2) is 0 Å². The molecule has 2 N–H and O–H groups in total. The van der Waals surface area contributed by atoms with E-state index in [0.717, 1.165) is 57.4 Å². The van der Waals surface area contributed by atoms with Gasteiger partial charge in [0.05, 0.1) is 29.6 Å². The SMILES string of the molecule is C[C@]12CC[C@H]3[C@@H](CC=C4C[C@@H](O)CC[C@@]43C)[C@@H]1CC[C@@H]2OC(=O)CCC(=O)N1CCCCC1C(O)c1cc(C(F)(F)F)nc2c(C(F)(F)F)cccc12. The summed E-state index contributed by atoms with van der Waals surface area (Å²) in [5, 5.41) is 21.6. The van der Waals surface area contributed by atoms with Crippen LogP contribution < -0.4 is 0 Å². The molecule has 1 saturated heterocycles. The number of halogens is 6. The number of carbonyl (C=O) groups excluding carboxylic acids is 2. The number of hydrogen-bond acceptors (Lipinski definition) is 6. The molecule has 2 aromatic rings. The largest absolute Gasteiger partial charge is 0.462 e. The Morgan fingerprint density at radius 2 is 1.75 bits per heavy atom. The minimum atomic E-state index is -5.09. The number of likely N-dealkylation sites (tertiary alicyclic amines) is 1. The van der Waals surface area contributed by atoms with Crippen molar-refractivity contribution < 1.29 is 50.9 Å². The summed E-state index contributed by atoms with van der Waals surface area (Å²) in [4.78, 5) is 31.6. The first kappa shape index (κ1) is 38.1. The van der Waals surface area contributed by atoms with Crippen molar-refractivity contribution in [2.45, 2.75) is 134 Å². The molecule has 1 aromatic heterocycles. The van der Waals surface area contributed by atoms with Gasteiger partial charge in [-0.1, -0.05) is 37.6 Å². The second-order valence-electron chi connectivity index (χ2n) is 16.6. The highest BCUT2D eigenvalue weighted by Crippen LogP contribution is 2.65. The molecule has 1 aromatic carbocycles. The lowest BCUT2D eigenvalue weighted by atomic mass is 9.48. The van der Waals surface area contributed by atoms with E-state index in [4.69, 9.17) is 4.74 Å². The summed E-state index contributed by atoms with van der Waals surface area (Å²) >= 11 is 0. The van der Waals surface area contributed by atoms with Crippen molar-refractivity contribution in [3.8, 4) is 0 Å². The number of pyridine rings is 1. The van der Waals surface area contributed by atoms with E-state index >= 15 is 0 Å². The third kappa shape index (κ3) is 6.87. The van der Waals surface area contributed by atoms with Crippen molar-refractivity contribution in [1.29, 1.82) is 0 Å². The molecule has 7 rings (SSSR count). The molecule has 0 bridgehead atoms. The fraction of sp³-hybridized carbons (Fsp3) is 0.675. The van der Waals surface area contributed by atoms with Crippen molar-refractivity contribution >= 4 is 22.8 Å². The minimum absolute atomic E-state index is 0.0929. The molecule has 1 aliphatic heterocycles. The number of fused-ring (bicyclic) bond motifs is 6. The first-order chi connectivity index (χ1) is 24.9. The summed E-state index contributed by atoms with van der Waals surface area (Å²) in [6.07, 6.45) is -1.97. The highest BCUT2D eigenvalue weighted by Gasteiger charge is 2.59. The number of nitrogens with zero attached hydrogens (tertiary/aromatic N) is 2. The molecule has 4 fully saturated rings. The number of aliphatic hydroxyl groups is 2. The Kier molecular flexibility index (Phi) is 9.94. The maximum absolute atomic E-state index is 13.9. The van der Waals surface area contributed by atoms with Crippen LogP contribution in [-0.4, -0.2) is 56.8 Å². The second kappa shape index (κ2) is 13.8. The van der Waals surface area contributed by atoms with Gasteiger partial charge < -0.3 is 19.8 Å². The highest BCUT2D eigenvalue weighted by atomic mass is 19.4. The number of allylic oxidation sites excluding steroid dienone is 1. The predicted octanol–water partition coefficient (Wildman–Crippen LogP) is 8.70. The van der Waals surface area contributed by atoms with E-state index < -0.39 is 58.7 Å². The zero-order chi connectivity index (χ0) is 38.1. The Morgan fingerprint density at radius 3 is 2.49 bits per heavy atom. The molecular formula is C40H48F6N2O5. The van der Waals surface area contributed by atoms with Gasteiger partial charge >= 0.3 is 18.3 Å². The minimum Gasteiger partial charge on any atom is -0.462 e. The summed E-state index contributed by atoms with van der Waals surface area (Å²) in [7, 11) is 0. The van der Waals surface area contributed by atoms with Crippen LogP contribution in [0.25, 0.3) is 10.9 Å². The molecule has 5 aliphatic rings. The van der Waals surface area contributed by atoms with Crippen LogP contribution in [0.5, 0.6) is 0 Å². The normalized spacial score (nSPS) is 33.8. The van der Waals surface area contributed by atoms with E-state index in [9.17, 15) is 46.1 Å². The Hall–Kier alpha value is -3.19. The zero-order valence-corrected chi connectivity index (χ0v) is 30.1. The number of piperidine rings is 1. The van der Waals surface area contributed by atoms with Crippen molar-refractivity contribution in [2.24, 2.45) is 28.6 Å². The molecule has 0 radical (unpaired) electrons. The summed E-state index contributed by atoms with van der Waals surface area (Å²) in [6, 6.07) is 2.43. The highest BCUT2D eigenvalue weighted by molar-refractivity contribution is 5.87. The Morgan fingerprint density at radius 1 is 0.981 bits per heavy atom. The molecule has 290 valence electrons. The quantitative estimate of drug-likeness (QED) is 0.174. The maximum Gasteiger partial charge on any atom is 0.433 e. The van der Waals surface area contributed by atoms with Crippen molar-refractivity contribution in [2.75, 3.05) is 6.54 Å². The molecule has 1 amide bonds. The summed E-state index contributed by atoms with van der Waals surface area (Å²) < 4.78 is 89.3. The number of ether oxygens (including phenoxy) is 1. The van der Waals surface area contributed by atoms with E-state index in [1.165, 1.54) is 16.5 Å². The number of aromatic nitrogens is 1. The standard InChI is InChI=1S/C40H48F6N2O5/c1-37-17-15-23(49)20-22(37)9-10-25-27-11-12-32(38(27,2)18-16-28(25)37)53-34(51)14-13-33(50)48-19-4-3-8-30(48)36(52)26-21-31(40(44,45)46)47-35-24(26)6-5-7-29(35)39(41,42)43/h5-7,9,21,23,25,27-28,30,32,36,49,52H,3-4,8,10-20H2,1-2H3/t23-,25-,27-,28-,30?,32-,36?,37-,38-/m0/s1. The molecule has 2 heterocycles. The van der Waals surface area contributed by atoms with Crippen LogP contribution in [0.2, 0.25) is 0 Å². The average molecular weight is 751 g/mol. The Labute approximate surface area is 305 Å². The van der Waals surface area contributed by atoms with Crippen LogP contribution in [0.1, 0.15) is 120 Å². The first-order valence-corrected chi connectivity index (χ1v) is 19.0. The number of alkyl halides is 6. The van der Waals surface area contributed by atoms with Crippen molar-refractivity contribution in [3.05, 3.63) is 52.7 Å². The third-order valence-electron chi connectivity index (χ3n) is 13.8. The number of benzene rings is 1. The van der Waals surface area contributed by atoms with E-state index in [0.29, 0.717) is 42.7 Å². The smallest absolute Gasteiger partial charge is 0.433 e. The number of rotatable bonds is 6. The van der Waals surface area contributed by atoms with E-state index in [2.05, 4.69) is 24.9 Å². The molecule has 2 unspecified atom stereocenters. The van der Waals surface area contributed by atoms with E-state index in [1.807, 2.05) is 0 Å². The lowest BCUT2D eigenvalue weighted by Crippen LogP contribution is -2.51. The van der Waals surface area contributed by atoms with Crippen LogP contribution in [0.3, 0.4) is 0 Å². The topological polar surface area (TPSA) is 100.0 Å². The number of hydrogen-bond donors (Lipinski definition) is 2. The lowest BCUT2D eigenvalue weighted by molar-refractivity contribution is -0.161. The van der Waals surface area contributed by atoms with Crippen LogP contribution in [-0.2, 0) is 26.7 Å². The van der Waals surface area contributed by atoms with Crippen molar-refractivity contribution in [3.63, 3.8) is 0 Å². The summed E-state index contributed by atoms with van der Waals surface area (Å²) in [5.74, 6) is 0.421. The van der Waals surface area contributed by atoms with Crippen molar-refractivity contribution in [1.82, 2.24) is 9.88 Å². The van der Waals surface area contributed by atoms with E-state index in [-0.39, 0.29) is 54.2 Å². The lowest BCUT2D eigenvalue weighted by Gasteiger charge is -2.57. The average Bonchev–Trinajstić information content (AvgIpc) is 3.44. The molecule has 53 heavy (non-hydrogen) atoms. The fourth-order valence-electron chi connectivity index (χ4n) is 11.1. The number of amides is 1. The number of aliphatic hydroxyl groups excluding tert-OH is 2. The predicted molar refractivity (Wildman–Crippen MR) is 183 cm³/mol. The molecular weight excluding hydrogens is 702 g/mol.